The second-order valence-corrected chi connectivity index (χ2v) is 6.13. The Bertz CT molecular complexity index is 644. The maximum absolute atomic E-state index is 6.16. The molecule has 1 fully saturated rings. The zero-order valence-corrected chi connectivity index (χ0v) is 13.1. The van der Waals surface area contributed by atoms with Gasteiger partial charge in [0, 0.05) is 12.6 Å². The monoisotopic (exact) mass is 281 g/mol. The highest BCUT2D eigenvalue weighted by Crippen LogP contribution is 2.29. The molecule has 110 valence electrons. The summed E-state index contributed by atoms with van der Waals surface area (Å²) in [6.07, 6.45) is 2.63. The molecular weight excluding hydrogens is 258 g/mol. The third kappa shape index (κ3) is 3.64. The van der Waals surface area contributed by atoms with Gasteiger partial charge in [0.1, 0.15) is 11.5 Å². The molecule has 0 unspecified atom stereocenters. The van der Waals surface area contributed by atoms with Crippen LogP contribution in [-0.4, -0.2) is 6.04 Å². The van der Waals surface area contributed by atoms with E-state index in [1.807, 2.05) is 0 Å². The van der Waals surface area contributed by atoms with Crippen LogP contribution in [0.5, 0.6) is 11.5 Å². The summed E-state index contributed by atoms with van der Waals surface area (Å²) in [6.45, 7) is 7.20. The zero-order chi connectivity index (χ0) is 14.8. The number of aryl methyl sites for hydroxylation is 3. The van der Waals surface area contributed by atoms with Gasteiger partial charge in [0.05, 0.1) is 0 Å². The lowest BCUT2D eigenvalue weighted by Crippen LogP contribution is -2.15. The van der Waals surface area contributed by atoms with Crippen molar-refractivity contribution in [2.24, 2.45) is 0 Å². The van der Waals surface area contributed by atoms with Crippen molar-refractivity contribution in [2.45, 2.75) is 46.2 Å². The molecule has 0 spiro atoms. The summed E-state index contributed by atoms with van der Waals surface area (Å²) in [6, 6.07) is 13.5. The molecule has 0 aliphatic heterocycles. The predicted octanol–water partition coefficient (Wildman–Crippen LogP) is 4.66. The second kappa shape index (κ2) is 5.90. The molecule has 1 saturated carbocycles. The fourth-order valence-electron chi connectivity index (χ4n) is 2.35. The van der Waals surface area contributed by atoms with E-state index in [4.69, 9.17) is 4.74 Å². The van der Waals surface area contributed by atoms with E-state index in [9.17, 15) is 0 Å². The van der Waals surface area contributed by atoms with Gasteiger partial charge in [-0.05, 0) is 68.0 Å². The van der Waals surface area contributed by atoms with Gasteiger partial charge < -0.3 is 10.1 Å². The second-order valence-electron chi connectivity index (χ2n) is 6.13. The summed E-state index contributed by atoms with van der Waals surface area (Å²) in [5, 5.41) is 3.55. The Balaban J connectivity index is 1.79. The molecule has 2 aromatic carbocycles. The Morgan fingerprint density at radius 1 is 0.952 bits per heavy atom. The van der Waals surface area contributed by atoms with E-state index in [0.29, 0.717) is 0 Å². The summed E-state index contributed by atoms with van der Waals surface area (Å²) in [7, 11) is 0. The van der Waals surface area contributed by atoms with Gasteiger partial charge in [0.2, 0.25) is 0 Å². The number of rotatable bonds is 5. The van der Waals surface area contributed by atoms with Gasteiger partial charge in [-0.3, -0.25) is 0 Å². The first-order chi connectivity index (χ1) is 10.1. The first-order valence-corrected chi connectivity index (χ1v) is 7.70. The fourth-order valence-corrected chi connectivity index (χ4v) is 2.35. The van der Waals surface area contributed by atoms with Crippen LogP contribution in [0.1, 0.15) is 35.1 Å². The topological polar surface area (TPSA) is 21.3 Å². The van der Waals surface area contributed by atoms with E-state index < -0.39 is 0 Å². The number of benzene rings is 2. The molecule has 0 aromatic heterocycles. The minimum absolute atomic E-state index is 0.731. The minimum atomic E-state index is 0.731. The van der Waals surface area contributed by atoms with Gasteiger partial charge in [-0.2, -0.15) is 0 Å². The van der Waals surface area contributed by atoms with Crippen molar-refractivity contribution in [3.63, 3.8) is 0 Å². The van der Waals surface area contributed by atoms with Gasteiger partial charge in [-0.1, -0.05) is 24.3 Å². The lowest BCUT2D eigenvalue weighted by Gasteiger charge is -2.13. The Labute approximate surface area is 127 Å². The molecule has 0 saturated heterocycles. The molecule has 0 radical (unpaired) electrons. The van der Waals surface area contributed by atoms with Crippen LogP contribution in [0.3, 0.4) is 0 Å². The Kier molecular flexibility index (Phi) is 3.98. The summed E-state index contributed by atoms with van der Waals surface area (Å²) in [4.78, 5) is 0. The largest absolute Gasteiger partial charge is 0.457 e. The van der Waals surface area contributed by atoms with E-state index in [0.717, 1.165) is 24.1 Å². The highest BCUT2D eigenvalue weighted by molar-refractivity contribution is 5.43. The zero-order valence-electron chi connectivity index (χ0n) is 13.1. The molecule has 21 heavy (non-hydrogen) atoms. The number of nitrogens with one attached hydrogen (secondary N) is 1. The lowest BCUT2D eigenvalue weighted by atomic mass is 10.1. The standard InChI is InChI=1S/C19H23NO/c1-13-4-5-14(2)18(10-13)21-19-11-16(7-6-15(19)3)12-20-17-8-9-17/h4-7,10-11,17,20H,8-9,12H2,1-3H3. The Morgan fingerprint density at radius 2 is 1.62 bits per heavy atom. The molecule has 0 bridgehead atoms. The molecule has 1 aliphatic carbocycles. The molecule has 2 heteroatoms. The molecule has 1 aliphatic rings. The van der Waals surface area contributed by atoms with Crippen molar-refractivity contribution in [3.8, 4) is 11.5 Å². The Morgan fingerprint density at radius 3 is 2.33 bits per heavy atom. The average molecular weight is 281 g/mol. The van der Waals surface area contributed by atoms with E-state index in [1.54, 1.807) is 0 Å². The molecule has 3 rings (SSSR count). The van der Waals surface area contributed by atoms with Crippen molar-refractivity contribution >= 4 is 0 Å². The van der Waals surface area contributed by atoms with Crippen LogP contribution < -0.4 is 10.1 Å². The van der Waals surface area contributed by atoms with Crippen molar-refractivity contribution in [3.05, 3.63) is 58.7 Å². The van der Waals surface area contributed by atoms with Gasteiger partial charge in [0.15, 0.2) is 0 Å². The van der Waals surface area contributed by atoms with Crippen LogP contribution in [0.25, 0.3) is 0 Å². The average Bonchev–Trinajstić information content (AvgIpc) is 3.28. The van der Waals surface area contributed by atoms with Gasteiger partial charge in [0.25, 0.3) is 0 Å². The predicted molar refractivity (Wildman–Crippen MR) is 87.0 cm³/mol. The van der Waals surface area contributed by atoms with Gasteiger partial charge in [-0.25, -0.2) is 0 Å². The Hall–Kier alpha value is -1.80. The summed E-state index contributed by atoms with van der Waals surface area (Å²) in [5.74, 6) is 1.91. The third-order valence-electron chi connectivity index (χ3n) is 3.99. The van der Waals surface area contributed by atoms with Crippen LogP contribution in [0, 0.1) is 20.8 Å². The third-order valence-corrected chi connectivity index (χ3v) is 3.99. The van der Waals surface area contributed by atoms with Crippen molar-refractivity contribution in [1.82, 2.24) is 5.32 Å². The van der Waals surface area contributed by atoms with Crippen molar-refractivity contribution < 1.29 is 4.74 Å². The molecule has 2 nitrogen and oxygen atoms in total. The van der Waals surface area contributed by atoms with E-state index in [2.05, 4.69) is 62.5 Å². The number of ether oxygens (including phenoxy) is 1. The molecule has 0 heterocycles. The summed E-state index contributed by atoms with van der Waals surface area (Å²) < 4.78 is 6.16. The SMILES string of the molecule is Cc1ccc(C)c(Oc2cc(CNC3CC3)ccc2C)c1. The van der Waals surface area contributed by atoms with E-state index in [-0.39, 0.29) is 0 Å². The maximum atomic E-state index is 6.16. The highest BCUT2D eigenvalue weighted by atomic mass is 16.5. The minimum Gasteiger partial charge on any atom is -0.457 e. The fraction of sp³-hybridized carbons (Fsp3) is 0.368. The first kappa shape index (κ1) is 14.2. The van der Waals surface area contributed by atoms with Crippen LogP contribution >= 0.6 is 0 Å². The lowest BCUT2D eigenvalue weighted by molar-refractivity contribution is 0.473. The van der Waals surface area contributed by atoms with Crippen LogP contribution in [0.4, 0.5) is 0 Å². The number of hydrogen-bond donors (Lipinski definition) is 1. The van der Waals surface area contributed by atoms with Crippen molar-refractivity contribution in [2.75, 3.05) is 0 Å². The van der Waals surface area contributed by atoms with Gasteiger partial charge >= 0.3 is 0 Å². The smallest absolute Gasteiger partial charge is 0.130 e. The summed E-state index contributed by atoms with van der Waals surface area (Å²) in [5.41, 5.74) is 4.85. The van der Waals surface area contributed by atoms with Crippen molar-refractivity contribution in [1.29, 1.82) is 0 Å². The van der Waals surface area contributed by atoms with E-state index in [1.165, 1.54) is 35.1 Å². The van der Waals surface area contributed by atoms with Crippen LogP contribution in [0.2, 0.25) is 0 Å². The van der Waals surface area contributed by atoms with E-state index >= 15 is 0 Å². The maximum Gasteiger partial charge on any atom is 0.130 e. The first-order valence-electron chi connectivity index (χ1n) is 7.70. The van der Waals surface area contributed by atoms with Crippen LogP contribution in [0.15, 0.2) is 36.4 Å². The number of hydrogen-bond acceptors (Lipinski definition) is 2. The molecular formula is C19H23NO. The quantitative estimate of drug-likeness (QED) is 0.861. The summed E-state index contributed by atoms with van der Waals surface area (Å²) >= 11 is 0. The molecule has 0 atom stereocenters. The van der Waals surface area contributed by atoms with Crippen LogP contribution in [-0.2, 0) is 6.54 Å². The highest BCUT2D eigenvalue weighted by Gasteiger charge is 2.20. The van der Waals surface area contributed by atoms with Gasteiger partial charge in [-0.15, -0.1) is 0 Å². The normalized spacial score (nSPS) is 14.2. The molecule has 2 aromatic rings. The molecule has 0 amide bonds. The molecule has 1 N–H and O–H groups in total.